The highest BCUT2D eigenvalue weighted by Gasteiger charge is 2.21. The SMILES string of the molecule is CCCCCCCCc1ccc2c3ccc(CCCCCCCC)cc3c3nc4c(I)c(F)c(F)c(C)c4nc3c2c1. The number of rotatable bonds is 14. The van der Waals surface area contributed by atoms with Crippen molar-refractivity contribution in [2.45, 2.75) is 111 Å². The molecule has 4 aromatic carbocycles. The Kier molecular flexibility index (Phi) is 10.6. The van der Waals surface area contributed by atoms with Gasteiger partial charge in [-0.3, -0.25) is 0 Å². The third-order valence-electron chi connectivity index (χ3n) is 8.78. The number of halogens is 3. The Morgan fingerprint density at radius 2 is 1.00 bits per heavy atom. The van der Waals surface area contributed by atoms with Crippen LogP contribution in [0.25, 0.3) is 43.6 Å². The van der Waals surface area contributed by atoms with E-state index in [1.54, 1.807) is 6.92 Å². The highest BCUT2D eigenvalue weighted by atomic mass is 127. The van der Waals surface area contributed by atoms with Crippen molar-refractivity contribution in [2.75, 3.05) is 0 Å². The minimum atomic E-state index is -0.843. The Morgan fingerprint density at radius 1 is 0.548 bits per heavy atom. The Hall–Kier alpha value is -2.41. The number of unbranched alkanes of at least 4 members (excludes halogenated alkanes) is 10. The number of hydrogen-bond acceptors (Lipinski definition) is 2. The molecule has 0 radical (unpaired) electrons. The van der Waals surface area contributed by atoms with E-state index < -0.39 is 11.6 Å². The Morgan fingerprint density at radius 3 is 1.50 bits per heavy atom. The number of hydrogen-bond donors (Lipinski definition) is 0. The molecule has 0 atom stereocenters. The van der Waals surface area contributed by atoms with Gasteiger partial charge in [-0.2, -0.15) is 0 Å². The molecule has 0 saturated heterocycles. The van der Waals surface area contributed by atoms with Crippen LogP contribution in [0, 0.1) is 22.1 Å². The van der Waals surface area contributed by atoms with Crippen LogP contribution in [0.1, 0.15) is 108 Å². The lowest BCUT2D eigenvalue weighted by Crippen LogP contribution is -2.01. The summed E-state index contributed by atoms with van der Waals surface area (Å²) in [6.07, 6.45) is 17.2. The molecule has 0 aliphatic rings. The molecular formula is C37H43F2IN2. The molecule has 0 aliphatic carbocycles. The normalized spacial score (nSPS) is 12.0. The number of aryl methyl sites for hydroxylation is 3. The van der Waals surface area contributed by atoms with Gasteiger partial charge in [-0.1, -0.05) is 102 Å². The van der Waals surface area contributed by atoms with E-state index in [1.165, 1.54) is 88.2 Å². The van der Waals surface area contributed by atoms with Gasteiger partial charge in [0.05, 0.1) is 20.1 Å². The second-order valence-corrected chi connectivity index (χ2v) is 13.1. The zero-order chi connectivity index (χ0) is 29.6. The summed E-state index contributed by atoms with van der Waals surface area (Å²) in [5.41, 5.74) is 5.21. The summed E-state index contributed by atoms with van der Waals surface area (Å²) >= 11 is 1.87. The first-order valence-corrected chi connectivity index (χ1v) is 17.1. The van der Waals surface area contributed by atoms with Gasteiger partial charge in [-0.15, -0.1) is 0 Å². The summed E-state index contributed by atoms with van der Waals surface area (Å²) in [6.45, 7) is 6.10. The molecule has 0 bridgehead atoms. The van der Waals surface area contributed by atoms with Crippen molar-refractivity contribution in [3.05, 3.63) is 68.3 Å². The predicted molar refractivity (Wildman–Crippen MR) is 184 cm³/mol. The monoisotopic (exact) mass is 680 g/mol. The van der Waals surface area contributed by atoms with E-state index in [0.717, 1.165) is 45.4 Å². The van der Waals surface area contributed by atoms with E-state index in [9.17, 15) is 8.78 Å². The van der Waals surface area contributed by atoms with Gasteiger partial charge in [-0.05, 0) is 89.2 Å². The molecule has 1 heterocycles. The van der Waals surface area contributed by atoms with Gasteiger partial charge in [0.1, 0.15) is 5.52 Å². The molecule has 42 heavy (non-hydrogen) atoms. The maximum atomic E-state index is 14.8. The average Bonchev–Trinajstić information content (AvgIpc) is 3.01. The topological polar surface area (TPSA) is 25.8 Å². The van der Waals surface area contributed by atoms with E-state index in [2.05, 4.69) is 50.2 Å². The fraction of sp³-hybridized carbons (Fsp3) is 0.459. The van der Waals surface area contributed by atoms with Crippen LogP contribution in [0.2, 0.25) is 0 Å². The number of fused-ring (bicyclic) bond motifs is 7. The van der Waals surface area contributed by atoms with Gasteiger partial charge in [0.2, 0.25) is 0 Å². The van der Waals surface area contributed by atoms with E-state index in [0.29, 0.717) is 11.0 Å². The minimum Gasteiger partial charge on any atom is -0.243 e. The second-order valence-electron chi connectivity index (χ2n) is 12.0. The van der Waals surface area contributed by atoms with Crippen LogP contribution >= 0.6 is 22.6 Å². The zero-order valence-electron chi connectivity index (χ0n) is 25.4. The Labute approximate surface area is 262 Å². The molecule has 0 N–H and O–H groups in total. The quantitative estimate of drug-likeness (QED) is 0.0384. The maximum absolute atomic E-state index is 14.8. The van der Waals surface area contributed by atoms with Crippen LogP contribution in [-0.2, 0) is 12.8 Å². The van der Waals surface area contributed by atoms with Crippen molar-refractivity contribution in [3.63, 3.8) is 0 Å². The van der Waals surface area contributed by atoms with Crippen molar-refractivity contribution >= 4 is 66.2 Å². The molecule has 0 unspecified atom stereocenters. The van der Waals surface area contributed by atoms with E-state index in [-0.39, 0.29) is 9.13 Å². The van der Waals surface area contributed by atoms with Crippen LogP contribution in [0.15, 0.2) is 36.4 Å². The first-order valence-electron chi connectivity index (χ1n) is 16.1. The molecule has 5 heteroatoms. The van der Waals surface area contributed by atoms with Crippen LogP contribution < -0.4 is 0 Å². The largest absolute Gasteiger partial charge is 0.243 e. The third-order valence-corrected chi connectivity index (χ3v) is 9.76. The highest BCUT2D eigenvalue weighted by Crippen LogP contribution is 2.37. The molecule has 2 nitrogen and oxygen atoms in total. The molecule has 5 aromatic rings. The lowest BCUT2D eigenvalue weighted by Gasteiger charge is -2.14. The number of nitrogens with zero attached hydrogens (tertiary/aromatic N) is 2. The second kappa shape index (κ2) is 14.4. The van der Waals surface area contributed by atoms with Gasteiger partial charge in [-0.25, -0.2) is 18.7 Å². The zero-order valence-corrected chi connectivity index (χ0v) is 27.5. The van der Waals surface area contributed by atoms with Crippen molar-refractivity contribution in [2.24, 2.45) is 0 Å². The Bertz CT molecular complexity index is 1590. The first-order chi connectivity index (χ1) is 20.4. The number of benzene rings is 4. The summed E-state index contributed by atoms with van der Waals surface area (Å²) in [6, 6.07) is 13.5. The van der Waals surface area contributed by atoms with Crippen LogP contribution in [-0.4, -0.2) is 9.97 Å². The third kappa shape index (κ3) is 6.56. The number of aromatic nitrogens is 2. The summed E-state index contributed by atoms with van der Waals surface area (Å²) in [4.78, 5) is 10.1. The van der Waals surface area contributed by atoms with Crippen LogP contribution in [0.3, 0.4) is 0 Å². The summed E-state index contributed by atoms with van der Waals surface area (Å²) in [5, 5.41) is 4.35. The van der Waals surface area contributed by atoms with Gasteiger partial charge in [0.15, 0.2) is 11.6 Å². The summed E-state index contributed by atoms with van der Waals surface area (Å²) in [5.74, 6) is -1.68. The lowest BCUT2D eigenvalue weighted by molar-refractivity contribution is 0.500. The highest BCUT2D eigenvalue weighted by molar-refractivity contribution is 14.1. The summed E-state index contributed by atoms with van der Waals surface area (Å²) < 4.78 is 29.8. The predicted octanol–water partition coefficient (Wildman–Crippen LogP) is 12.1. The standard InChI is InChI=1S/C37H43F2IN2/c1-4-6-8-10-12-14-16-25-18-20-27-28-21-19-26(17-15-13-11-9-7-5-2)23-30(28)36-35(29(27)22-25)41-34-24(3)31(38)32(39)33(40)37(34)42-36/h18-23H,4-17H2,1-3H3. The fourth-order valence-electron chi connectivity index (χ4n) is 6.27. The van der Waals surface area contributed by atoms with Gasteiger partial charge in [0, 0.05) is 16.3 Å². The fourth-order valence-corrected chi connectivity index (χ4v) is 6.88. The summed E-state index contributed by atoms with van der Waals surface area (Å²) in [7, 11) is 0. The average molecular weight is 681 g/mol. The Balaban J connectivity index is 1.61. The smallest absolute Gasteiger partial charge is 0.174 e. The molecule has 0 spiro atoms. The van der Waals surface area contributed by atoms with Crippen LogP contribution in [0.4, 0.5) is 8.78 Å². The molecule has 0 aliphatic heterocycles. The molecule has 0 fully saturated rings. The van der Waals surface area contributed by atoms with Gasteiger partial charge in [0.25, 0.3) is 0 Å². The molecule has 1 aromatic heterocycles. The molecular weight excluding hydrogens is 637 g/mol. The van der Waals surface area contributed by atoms with Gasteiger partial charge >= 0.3 is 0 Å². The van der Waals surface area contributed by atoms with Crippen molar-refractivity contribution < 1.29 is 8.78 Å². The lowest BCUT2D eigenvalue weighted by atomic mass is 9.94. The molecule has 0 amide bonds. The minimum absolute atomic E-state index is 0.188. The van der Waals surface area contributed by atoms with E-state index in [4.69, 9.17) is 9.97 Å². The molecule has 0 saturated carbocycles. The van der Waals surface area contributed by atoms with Crippen molar-refractivity contribution in [1.82, 2.24) is 9.97 Å². The maximum Gasteiger partial charge on any atom is 0.174 e. The van der Waals surface area contributed by atoms with Crippen molar-refractivity contribution in [3.8, 4) is 0 Å². The molecule has 222 valence electrons. The van der Waals surface area contributed by atoms with Crippen LogP contribution in [0.5, 0.6) is 0 Å². The van der Waals surface area contributed by atoms with E-state index in [1.807, 2.05) is 22.6 Å². The first kappa shape index (κ1) is 31.0. The van der Waals surface area contributed by atoms with E-state index >= 15 is 0 Å². The molecule has 5 rings (SSSR count). The van der Waals surface area contributed by atoms with Crippen molar-refractivity contribution in [1.29, 1.82) is 0 Å². The van der Waals surface area contributed by atoms with Gasteiger partial charge < -0.3 is 0 Å².